The van der Waals surface area contributed by atoms with Crippen molar-refractivity contribution in [2.75, 3.05) is 20.3 Å². The molecule has 1 aromatic rings. The molecule has 0 saturated carbocycles. The van der Waals surface area contributed by atoms with Crippen molar-refractivity contribution in [1.29, 1.82) is 0 Å². The van der Waals surface area contributed by atoms with E-state index in [9.17, 15) is 10.1 Å². The molecular weight excluding hydrogens is 336 g/mol. The van der Waals surface area contributed by atoms with E-state index in [1.165, 1.54) is 19.2 Å². The smallest absolute Gasteiger partial charge is 0.484 e. The van der Waals surface area contributed by atoms with Gasteiger partial charge in [-0.1, -0.05) is 11.6 Å². The van der Waals surface area contributed by atoms with Gasteiger partial charge in [-0.05, 0) is 33.8 Å². The summed E-state index contributed by atoms with van der Waals surface area (Å²) in [6, 6.07) is 2.75. The molecule has 24 heavy (non-hydrogen) atoms. The van der Waals surface area contributed by atoms with E-state index in [1.807, 2.05) is 27.7 Å². The minimum atomic E-state index is -0.729. The van der Waals surface area contributed by atoms with Gasteiger partial charge in [0.05, 0.1) is 22.7 Å². The van der Waals surface area contributed by atoms with Crippen LogP contribution >= 0.6 is 11.6 Å². The van der Waals surface area contributed by atoms with Crippen LogP contribution in [0.2, 0.25) is 5.02 Å². The highest BCUT2D eigenvalue weighted by Crippen LogP contribution is 2.38. The first kappa shape index (κ1) is 19.0. The van der Waals surface area contributed by atoms with Gasteiger partial charge in [0.15, 0.2) is 5.75 Å². The third-order valence-corrected chi connectivity index (χ3v) is 4.65. The minimum absolute atomic E-state index is 0.103. The standard InChI is InChI=1S/C15H21BClNO6/c1-14(2)15(3,4)24-16(23-14)10-8-13(22-7-6-21-5)12(18(19)20)9-11(10)17/h8-9H,6-7H2,1-5H3. The van der Waals surface area contributed by atoms with E-state index in [1.54, 1.807) is 0 Å². The van der Waals surface area contributed by atoms with Crippen molar-refractivity contribution in [1.82, 2.24) is 0 Å². The number of ether oxygens (including phenoxy) is 2. The van der Waals surface area contributed by atoms with Gasteiger partial charge in [0, 0.05) is 23.7 Å². The second-order valence-electron chi connectivity index (χ2n) is 6.53. The number of methoxy groups -OCH3 is 1. The first-order valence-corrected chi connectivity index (χ1v) is 7.92. The number of hydrogen-bond donors (Lipinski definition) is 0. The van der Waals surface area contributed by atoms with Crippen molar-refractivity contribution in [3.8, 4) is 5.75 Å². The number of hydrogen-bond acceptors (Lipinski definition) is 6. The number of nitrogens with zero attached hydrogens (tertiary/aromatic N) is 1. The topological polar surface area (TPSA) is 80.1 Å². The van der Waals surface area contributed by atoms with Crippen molar-refractivity contribution in [2.24, 2.45) is 0 Å². The van der Waals surface area contributed by atoms with Crippen LogP contribution in [-0.4, -0.2) is 43.6 Å². The van der Waals surface area contributed by atoms with E-state index in [4.69, 9.17) is 30.4 Å². The molecule has 0 atom stereocenters. The summed E-state index contributed by atoms with van der Waals surface area (Å²) in [6.45, 7) is 8.17. The molecule has 0 bridgehead atoms. The van der Waals surface area contributed by atoms with Crippen molar-refractivity contribution in [3.05, 3.63) is 27.3 Å². The number of benzene rings is 1. The Morgan fingerprint density at radius 3 is 2.29 bits per heavy atom. The van der Waals surface area contributed by atoms with Crippen LogP contribution < -0.4 is 10.2 Å². The van der Waals surface area contributed by atoms with Gasteiger partial charge in [0.25, 0.3) is 0 Å². The van der Waals surface area contributed by atoms with Crippen LogP contribution in [0.25, 0.3) is 0 Å². The fourth-order valence-electron chi connectivity index (χ4n) is 2.20. The zero-order valence-electron chi connectivity index (χ0n) is 14.4. The van der Waals surface area contributed by atoms with Gasteiger partial charge in [0.2, 0.25) is 0 Å². The molecule has 1 aliphatic heterocycles. The second-order valence-corrected chi connectivity index (χ2v) is 6.94. The van der Waals surface area contributed by atoms with Crippen LogP contribution in [0.1, 0.15) is 27.7 Å². The lowest BCUT2D eigenvalue weighted by Gasteiger charge is -2.32. The maximum atomic E-state index is 11.2. The molecule has 1 heterocycles. The summed E-state index contributed by atoms with van der Waals surface area (Å²) in [4.78, 5) is 10.7. The van der Waals surface area contributed by atoms with Crippen molar-refractivity contribution < 1.29 is 23.7 Å². The Balaban J connectivity index is 2.37. The SMILES string of the molecule is COCCOc1cc(B2OC(C)(C)C(C)(C)O2)c(Cl)cc1[N+](=O)[O-]. The van der Waals surface area contributed by atoms with Crippen LogP contribution in [0.5, 0.6) is 5.75 Å². The first-order valence-electron chi connectivity index (χ1n) is 7.54. The molecule has 1 fully saturated rings. The van der Waals surface area contributed by atoms with Crippen molar-refractivity contribution in [3.63, 3.8) is 0 Å². The van der Waals surface area contributed by atoms with Crippen LogP contribution in [0.15, 0.2) is 12.1 Å². The molecule has 1 aliphatic rings. The van der Waals surface area contributed by atoms with Gasteiger partial charge in [0.1, 0.15) is 6.61 Å². The summed E-state index contributed by atoms with van der Waals surface area (Å²) < 4.78 is 22.3. The van der Waals surface area contributed by atoms with Gasteiger partial charge in [-0.15, -0.1) is 0 Å². The second kappa shape index (κ2) is 6.88. The van der Waals surface area contributed by atoms with Gasteiger partial charge >= 0.3 is 12.8 Å². The Morgan fingerprint density at radius 1 is 1.21 bits per heavy atom. The normalized spacial score (nSPS) is 18.7. The fourth-order valence-corrected chi connectivity index (χ4v) is 2.45. The van der Waals surface area contributed by atoms with Crippen molar-refractivity contribution >= 4 is 29.9 Å². The molecule has 0 N–H and O–H groups in total. The largest absolute Gasteiger partial charge is 0.496 e. The van der Waals surface area contributed by atoms with Crippen LogP contribution in [0.4, 0.5) is 5.69 Å². The molecular formula is C15H21BClNO6. The Bertz CT molecular complexity index is 621. The number of nitro groups is 1. The Hall–Kier alpha value is -1.35. The summed E-state index contributed by atoms with van der Waals surface area (Å²) >= 11 is 6.23. The summed E-state index contributed by atoms with van der Waals surface area (Å²) in [5, 5.41) is 11.4. The molecule has 2 rings (SSSR count). The molecule has 7 nitrogen and oxygen atoms in total. The first-order chi connectivity index (χ1) is 11.1. The van der Waals surface area contributed by atoms with E-state index in [2.05, 4.69) is 0 Å². The van der Waals surface area contributed by atoms with Gasteiger partial charge < -0.3 is 18.8 Å². The fraction of sp³-hybridized carbons (Fsp3) is 0.600. The predicted octanol–water partition coefficient (Wildman–Crippen LogP) is 2.57. The van der Waals surface area contributed by atoms with Crippen LogP contribution in [0, 0.1) is 10.1 Å². The van der Waals surface area contributed by atoms with Gasteiger partial charge in [-0.25, -0.2) is 0 Å². The molecule has 0 spiro atoms. The lowest BCUT2D eigenvalue weighted by Crippen LogP contribution is -2.41. The molecule has 9 heteroatoms. The molecule has 0 aromatic heterocycles. The van der Waals surface area contributed by atoms with E-state index < -0.39 is 23.2 Å². The summed E-state index contributed by atoms with van der Waals surface area (Å²) in [6.07, 6.45) is 0. The van der Waals surface area contributed by atoms with Crippen LogP contribution in [-0.2, 0) is 14.0 Å². The molecule has 1 aromatic carbocycles. The predicted molar refractivity (Wildman–Crippen MR) is 91.2 cm³/mol. The molecule has 0 amide bonds. The Labute approximate surface area is 146 Å². The number of nitro benzene ring substituents is 1. The van der Waals surface area contributed by atoms with E-state index in [-0.39, 0.29) is 23.1 Å². The monoisotopic (exact) mass is 357 g/mol. The highest BCUT2D eigenvalue weighted by atomic mass is 35.5. The molecule has 132 valence electrons. The summed E-state index contributed by atoms with van der Waals surface area (Å²) in [5.74, 6) is 0.103. The molecule has 0 unspecified atom stereocenters. The Morgan fingerprint density at radius 2 is 1.79 bits per heavy atom. The highest BCUT2D eigenvalue weighted by molar-refractivity contribution is 6.65. The van der Waals surface area contributed by atoms with E-state index >= 15 is 0 Å². The highest BCUT2D eigenvalue weighted by Gasteiger charge is 2.52. The lowest BCUT2D eigenvalue weighted by molar-refractivity contribution is -0.385. The average Bonchev–Trinajstić information content (AvgIpc) is 2.68. The van der Waals surface area contributed by atoms with Crippen LogP contribution in [0.3, 0.4) is 0 Å². The van der Waals surface area contributed by atoms with Gasteiger partial charge in [-0.3, -0.25) is 10.1 Å². The zero-order valence-corrected chi connectivity index (χ0v) is 15.2. The average molecular weight is 358 g/mol. The van der Waals surface area contributed by atoms with E-state index in [0.29, 0.717) is 12.1 Å². The quantitative estimate of drug-likeness (QED) is 0.337. The number of rotatable bonds is 6. The third-order valence-electron chi connectivity index (χ3n) is 4.33. The number of halogens is 1. The third kappa shape index (κ3) is 3.67. The molecule has 0 radical (unpaired) electrons. The van der Waals surface area contributed by atoms with Crippen molar-refractivity contribution in [2.45, 2.75) is 38.9 Å². The summed E-state index contributed by atoms with van der Waals surface area (Å²) in [5.41, 5.74) is -0.802. The Kier molecular flexibility index (Phi) is 5.44. The lowest BCUT2D eigenvalue weighted by atomic mass is 9.78. The maximum Gasteiger partial charge on any atom is 0.496 e. The van der Waals surface area contributed by atoms with Gasteiger partial charge in [-0.2, -0.15) is 0 Å². The zero-order chi connectivity index (χ0) is 18.1. The minimum Gasteiger partial charge on any atom is -0.484 e. The maximum absolute atomic E-state index is 11.2. The van der Waals surface area contributed by atoms with E-state index in [0.717, 1.165) is 0 Å². The summed E-state index contributed by atoms with van der Waals surface area (Å²) in [7, 11) is 0.795. The molecule has 0 aliphatic carbocycles. The molecule has 1 saturated heterocycles.